The van der Waals surface area contributed by atoms with Gasteiger partial charge in [-0.15, -0.1) is 0 Å². The number of hydrogen-bond acceptors (Lipinski definition) is 3. The molecule has 1 heterocycles. The zero-order valence-electron chi connectivity index (χ0n) is 9.24. The van der Waals surface area contributed by atoms with Gasteiger partial charge in [-0.05, 0) is 46.2 Å². The number of aliphatic hydroxyl groups is 1. The molecule has 0 spiro atoms. The Bertz CT molecular complexity index is 192. The number of rotatable bonds is 2. The highest BCUT2D eigenvalue weighted by molar-refractivity contribution is 4.90. The van der Waals surface area contributed by atoms with Gasteiger partial charge in [-0.3, -0.25) is 0 Å². The highest BCUT2D eigenvalue weighted by atomic mass is 16.3. The number of hydrogen-bond donors (Lipinski definition) is 2. The second kappa shape index (κ2) is 4.17. The summed E-state index contributed by atoms with van der Waals surface area (Å²) in [4.78, 5) is 2.42. The first-order valence-corrected chi connectivity index (χ1v) is 5.79. The Labute approximate surface area is 86.5 Å². The first-order valence-electron chi connectivity index (χ1n) is 5.79. The number of piperidine rings is 1. The van der Waals surface area contributed by atoms with E-state index in [1.165, 1.54) is 19.4 Å². The summed E-state index contributed by atoms with van der Waals surface area (Å²) in [6, 6.07) is 1.97. The highest BCUT2D eigenvalue weighted by Crippen LogP contribution is 2.23. The van der Waals surface area contributed by atoms with Gasteiger partial charge in [0, 0.05) is 18.1 Å². The lowest BCUT2D eigenvalue weighted by atomic mass is 9.87. The zero-order valence-corrected chi connectivity index (χ0v) is 9.24. The van der Waals surface area contributed by atoms with Crippen LogP contribution in [0, 0.1) is 0 Å². The summed E-state index contributed by atoms with van der Waals surface area (Å²) in [5.41, 5.74) is 0. The van der Waals surface area contributed by atoms with Gasteiger partial charge in [-0.25, -0.2) is 0 Å². The molecule has 1 saturated carbocycles. The minimum atomic E-state index is -0.0313. The quantitative estimate of drug-likeness (QED) is 0.681. The van der Waals surface area contributed by atoms with Gasteiger partial charge in [0.05, 0.1) is 6.10 Å². The van der Waals surface area contributed by atoms with Crippen LogP contribution in [0.1, 0.15) is 32.6 Å². The van der Waals surface area contributed by atoms with Gasteiger partial charge in [0.25, 0.3) is 0 Å². The molecule has 3 nitrogen and oxygen atoms in total. The van der Waals surface area contributed by atoms with Gasteiger partial charge in [0.2, 0.25) is 0 Å². The summed E-state index contributed by atoms with van der Waals surface area (Å²) in [6.07, 6.45) is 4.40. The van der Waals surface area contributed by atoms with Crippen LogP contribution in [0.5, 0.6) is 0 Å². The van der Waals surface area contributed by atoms with Crippen LogP contribution in [0.4, 0.5) is 0 Å². The van der Waals surface area contributed by atoms with E-state index in [1.807, 2.05) is 0 Å². The molecule has 1 aliphatic carbocycles. The summed E-state index contributed by atoms with van der Waals surface area (Å²) in [5.74, 6) is 0. The van der Waals surface area contributed by atoms with Crippen molar-refractivity contribution in [1.82, 2.24) is 10.2 Å². The molecule has 0 aromatic carbocycles. The van der Waals surface area contributed by atoms with Crippen molar-refractivity contribution in [2.75, 3.05) is 13.6 Å². The van der Waals surface area contributed by atoms with Gasteiger partial charge in [0.15, 0.2) is 0 Å². The van der Waals surface area contributed by atoms with Crippen molar-refractivity contribution in [1.29, 1.82) is 0 Å². The maximum atomic E-state index is 9.19. The second-order valence-electron chi connectivity index (χ2n) is 5.04. The highest BCUT2D eigenvalue weighted by Gasteiger charge is 2.31. The molecule has 2 aliphatic rings. The van der Waals surface area contributed by atoms with Gasteiger partial charge in [-0.2, -0.15) is 0 Å². The van der Waals surface area contributed by atoms with Crippen LogP contribution in [0.3, 0.4) is 0 Å². The van der Waals surface area contributed by atoms with Crippen molar-refractivity contribution >= 4 is 0 Å². The first-order chi connectivity index (χ1) is 6.65. The van der Waals surface area contributed by atoms with Gasteiger partial charge in [0.1, 0.15) is 0 Å². The van der Waals surface area contributed by atoms with Crippen LogP contribution in [0.15, 0.2) is 0 Å². The number of likely N-dealkylation sites (tertiary alicyclic amines) is 1. The molecule has 1 saturated heterocycles. The molecule has 0 aromatic rings. The molecule has 2 rings (SSSR count). The molecule has 2 fully saturated rings. The summed E-state index contributed by atoms with van der Waals surface area (Å²) >= 11 is 0. The van der Waals surface area contributed by atoms with E-state index in [4.69, 9.17) is 0 Å². The molecule has 14 heavy (non-hydrogen) atoms. The Morgan fingerprint density at radius 1 is 1.21 bits per heavy atom. The maximum Gasteiger partial charge on any atom is 0.0570 e. The van der Waals surface area contributed by atoms with Crippen LogP contribution >= 0.6 is 0 Å². The predicted molar refractivity (Wildman–Crippen MR) is 57.3 cm³/mol. The third-order valence-corrected chi connectivity index (χ3v) is 3.79. The number of nitrogens with zero attached hydrogens (tertiary/aromatic N) is 1. The van der Waals surface area contributed by atoms with Crippen molar-refractivity contribution in [2.45, 2.75) is 56.8 Å². The standard InChI is InChI=1S/C11H22N2O/c1-8-5-9(3-4-13(8)2)12-10-6-11(14)7-10/h8-12,14H,3-7H2,1-2H3. The fourth-order valence-electron chi connectivity index (χ4n) is 2.50. The molecule has 2 unspecified atom stereocenters. The van der Waals surface area contributed by atoms with Crippen LogP contribution in [-0.4, -0.2) is 47.8 Å². The molecular weight excluding hydrogens is 176 g/mol. The van der Waals surface area contributed by atoms with Crippen molar-refractivity contribution in [3.63, 3.8) is 0 Å². The van der Waals surface area contributed by atoms with E-state index in [2.05, 4.69) is 24.2 Å². The fraction of sp³-hybridized carbons (Fsp3) is 1.00. The molecular formula is C11H22N2O. The normalized spacial score (nSPS) is 44.8. The average molecular weight is 198 g/mol. The Hall–Kier alpha value is -0.120. The van der Waals surface area contributed by atoms with E-state index in [1.54, 1.807) is 0 Å². The molecule has 0 radical (unpaired) electrons. The largest absolute Gasteiger partial charge is 0.393 e. The van der Waals surface area contributed by atoms with Crippen molar-refractivity contribution in [3.8, 4) is 0 Å². The van der Waals surface area contributed by atoms with E-state index < -0.39 is 0 Å². The lowest BCUT2D eigenvalue weighted by Gasteiger charge is -2.40. The molecule has 0 aromatic heterocycles. The SMILES string of the molecule is CC1CC(NC2CC(O)C2)CCN1C. The van der Waals surface area contributed by atoms with Crippen LogP contribution in [0.25, 0.3) is 0 Å². The number of aliphatic hydroxyl groups excluding tert-OH is 1. The summed E-state index contributed by atoms with van der Waals surface area (Å²) in [6.45, 7) is 3.50. The molecule has 2 atom stereocenters. The minimum Gasteiger partial charge on any atom is -0.393 e. The topological polar surface area (TPSA) is 35.5 Å². The first kappa shape index (κ1) is 10.4. The maximum absolute atomic E-state index is 9.19. The van der Waals surface area contributed by atoms with Crippen LogP contribution in [-0.2, 0) is 0 Å². The summed E-state index contributed by atoms with van der Waals surface area (Å²) in [5, 5.41) is 12.8. The van der Waals surface area contributed by atoms with Crippen LogP contribution in [0.2, 0.25) is 0 Å². The van der Waals surface area contributed by atoms with E-state index in [-0.39, 0.29) is 6.10 Å². The molecule has 0 bridgehead atoms. The van der Waals surface area contributed by atoms with Crippen molar-refractivity contribution < 1.29 is 5.11 Å². The van der Waals surface area contributed by atoms with Crippen LogP contribution < -0.4 is 5.32 Å². The average Bonchev–Trinajstić information content (AvgIpc) is 2.09. The van der Waals surface area contributed by atoms with E-state index in [0.29, 0.717) is 18.1 Å². The van der Waals surface area contributed by atoms with Crippen molar-refractivity contribution in [3.05, 3.63) is 0 Å². The molecule has 82 valence electrons. The van der Waals surface area contributed by atoms with E-state index >= 15 is 0 Å². The third-order valence-electron chi connectivity index (χ3n) is 3.79. The van der Waals surface area contributed by atoms with Crippen molar-refractivity contribution in [2.24, 2.45) is 0 Å². The minimum absolute atomic E-state index is 0.0313. The zero-order chi connectivity index (χ0) is 10.1. The summed E-state index contributed by atoms with van der Waals surface area (Å²) < 4.78 is 0. The lowest BCUT2D eigenvalue weighted by molar-refractivity contribution is 0.0497. The Morgan fingerprint density at radius 3 is 2.50 bits per heavy atom. The Morgan fingerprint density at radius 2 is 1.93 bits per heavy atom. The van der Waals surface area contributed by atoms with E-state index in [0.717, 1.165) is 12.8 Å². The molecule has 2 N–H and O–H groups in total. The Balaban J connectivity index is 1.71. The molecule has 0 amide bonds. The van der Waals surface area contributed by atoms with Gasteiger partial charge < -0.3 is 15.3 Å². The molecule has 3 heteroatoms. The smallest absolute Gasteiger partial charge is 0.0570 e. The second-order valence-corrected chi connectivity index (χ2v) is 5.04. The lowest BCUT2D eigenvalue weighted by Crippen LogP contribution is -2.53. The number of nitrogens with one attached hydrogen (secondary N) is 1. The third kappa shape index (κ3) is 2.27. The summed E-state index contributed by atoms with van der Waals surface area (Å²) in [7, 11) is 2.20. The van der Waals surface area contributed by atoms with Gasteiger partial charge >= 0.3 is 0 Å². The molecule has 1 aliphatic heterocycles. The fourth-order valence-corrected chi connectivity index (χ4v) is 2.50. The Kier molecular flexibility index (Phi) is 3.10. The van der Waals surface area contributed by atoms with Gasteiger partial charge in [-0.1, -0.05) is 0 Å². The predicted octanol–water partition coefficient (Wildman–Crippen LogP) is 0.582. The monoisotopic (exact) mass is 198 g/mol. The van der Waals surface area contributed by atoms with E-state index in [9.17, 15) is 5.11 Å².